The number of amides is 1. The predicted octanol–water partition coefficient (Wildman–Crippen LogP) is 1.56. The molecule has 1 amide bonds. The molecule has 0 saturated carbocycles. The zero-order valence-electron chi connectivity index (χ0n) is 11.2. The molecule has 0 fully saturated rings. The van der Waals surface area contributed by atoms with E-state index in [0.29, 0.717) is 23.5 Å². The van der Waals surface area contributed by atoms with E-state index in [1.807, 2.05) is 0 Å². The maximum atomic E-state index is 11.0. The van der Waals surface area contributed by atoms with Crippen LogP contribution in [0.3, 0.4) is 0 Å². The number of hydrogen-bond donors (Lipinski definition) is 1. The van der Waals surface area contributed by atoms with Gasteiger partial charge in [-0.25, -0.2) is 0 Å². The van der Waals surface area contributed by atoms with E-state index < -0.39 is 10.8 Å². The van der Waals surface area contributed by atoms with E-state index in [1.165, 1.54) is 0 Å². The van der Waals surface area contributed by atoms with E-state index in [1.54, 1.807) is 42.8 Å². The molecule has 104 valence electrons. The van der Waals surface area contributed by atoms with Crippen LogP contribution in [0, 0.1) is 24.0 Å². The summed E-state index contributed by atoms with van der Waals surface area (Å²) in [6, 6.07) is 6.75. The first-order valence-corrected chi connectivity index (χ1v) is 5.97. The molecule has 0 spiro atoms. The first-order chi connectivity index (χ1) is 9.40. The minimum atomic E-state index is -0.488. The summed E-state index contributed by atoms with van der Waals surface area (Å²) in [5, 5.41) is 15.1. The van der Waals surface area contributed by atoms with Crippen LogP contribution in [0.2, 0.25) is 0 Å². The largest absolute Gasteiger partial charge is 0.366 e. The van der Waals surface area contributed by atoms with Crippen molar-refractivity contribution in [3.8, 4) is 0 Å². The molecule has 0 atom stereocenters. The van der Waals surface area contributed by atoms with Gasteiger partial charge < -0.3 is 5.73 Å². The molecular formula is C13H14N4O3. The summed E-state index contributed by atoms with van der Waals surface area (Å²) < 4.78 is 1.58. The van der Waals surface area contributed by atoms with Crippen LogP contribution in [-0.2, 0) is 6.54 Å². The third kappa shape index (κ3) is 2.51. The summed E-state index contributed by atoms with van der Waals surface area (Å²) in [7, 11) is 0. The van der Waals surface area contributed by atoms with Crippen LogP contribution in [0.15, 0.2) is 24.3 Å². The van der Waals surface area contributed by atoms with Gasteiger partial charge in [-0.1, -0.05) is 12.1 Å². The number of rotatable bonds is 4. The molecule has 0 bridgehead atoms. The average molecular weight is 274 g/mol. The fraction of sp³-hybridized carbons (Fsp3) is 0.231. The van der Waals surface area contributed by atoms with Crippen LogP contribution in [0.4, 0.5) is 5.69 Å². The van der Waals surface area contributed by atoms with E-state index in [-0.39, 0.29) is 5.69 Å². The molecule has 1 aromatic carbocycles. The highest BCUT2D eigenvalue weighted by Gasteiger charge is 2.21. The first-order valence-electron chi connectivity index (χ1n) is 5.97. The lowest BCUT2D eigenvalue weighted by molar-refractivity contribution is -0.386. The molecule has 2 aromatic rings. The van der Waals surface area contributed by atoms with E-state index >= 15 is 0 Å². The Bertz CT molecular complexity index is 674. The lowest BCUT2D eigenvalue weighted by Gasteiger charge is -2.04. The standard InChI is InChI=1S/C13H14N4O3/c1-8-12(17(19)20)9(2)16(15-8)7-10-3-5-11(6-4-10)13(14)18/h3-6H,7H2,1-2H3,(H2,14,18). The Hall–Kier alpha value is -2.70. The Kier molecular flexibility index (Phi) is 3.51. The SMILES string of the molecule is Cc1nn(Cc2ccc(C(N)=O)cc2)c(C)c1[N+](=O)[O-]. The number of hydrogen-bond acceptors (Lipinski definition) is 4. The van der Waals surface area contributed by atoms with Gasteiger partial charge in [0.25, 0.3) is 0 Å². The highest BCUT2D eigenvalue weighted by atomic mass is 16.6. The van der Waals surface area contributed by atoms with Crippen molar-refractivity contribution in [2.24, 2.45) is 5.73 Å². The number of primary amides is 1. The van der Waals surface area contributed by atoms with Crippen LogP contribution in [0.5, 0.6) is 0 Å². The Balaban J connectivity index is 2.28. The summed E-state index contributed by atoms with van der Waals surface area (Å²) in [6.07, 6.45) is 0. The number of nitrogens with two attached hydrogens (primary N) is 1. The summed E-state index contributed by atoms with van der Waals surface area (Å²) in [5.74, 6) is -0.488. The molecule has 0 aliphatic carbocycles. The lowest BCUT2D eigenvalue weighted by Crippen LogP contribution is -2.11. The average Bonchev–Trinajstić information content (AvgIpc) is 2.65. The number of nitrogens with zero attached hydrogens (tertiary/aromatic N) is 3. The number of nitro groups is 1. The molecular weight excluding hydrogens is 260 g/mol. The number of aromatic nitrogens is 2. The van der Waals surface area contributed by atoms with Gasteiger partial charge in [0.1, 0.15) is 11.4 Å². The second kappa shape index (κ2) is 5.12. The van der Waals surface area contributed by atoms with Crippen molar-refractivity contribution in [3.05, 3.63) is 56.9 Å². The van der Waals surface area contributed by atoms with Gasteiger partial charge in [0.2, 0.25) is 5.91 Å². The van der Waals surface area contributed by atoms with Crippen LogP contribution >= 0.6 is 0 Å². The van der Waals surface area contributed by atoms with Crippen molar-refractivity contribution < 1.29 is 9.72 Å². The summed E-state index contributed by atoms with van der Waals surface area (Å²) >= 11 is 0. The topological polar surface area (TPSA) is 104 Å². The maximum absolute atomic E-state index is 11.0. The van der Waals surface area contributed by atoms with Crippen LogP contribution in [0.25, 0.3) is 0 Å². The Morgan fingerprint density at radius 3 is 2.40 bits per heavy atom. The molecule has 0 aliphatic rings. The molecule has 0 radical (unpaired) electrons. The van der Waals surface area contributed by atoms with Crippen molar-refractivity contribution in [1.82, 2.24) is 9.78 Å². The number of benzene rings is 1. The van der Waals surface area contributed by atoms with Crippen molar-refractivity contribution in [2.75, 3.05) is 0 Å². The minimum absolute atomic E-state index is 0.0405. The minimum Gasteiger partial charge on any atom is -0.366 e. The molecule has 1 aromatic heterocycles. The Morgan fingerprint density at radius 1 is 1.35 bits per heavy atom. The number of carbonyl (C=O) groups excluding carboxylic acids is 1. The van der Waals surface area contributed by atoms with Crippen molar-refractivity contribution in [2.45, 2.75) is 20.4 Å². The molecule has 2 N–H and O–H groups in total. The quantitative estimate of drug-likeness (QED) is 0.674. The Morgan fingerprint density at radius 2 is 1.95 bits per heavy atom. The van der Waals surface area contributed by atoms with Gasteiger partial charge in [0.05, 0.1) is 11.5 Å². The van der Waals surface area contributed by atoms with Crippen molar-refractivity contribution in [3.63, 3.8) is 0 Å². The van der Waals surface area contributed by atoms with Gasteiger partial charge in [-0.2, -0.15) is 5.10 Å². The first kappa shape index (κ1) is 13.7. The summed E-state index contributed by atoms with van der Waals surface area (Å²) in [6.45, 7) is 3.67. The van der Waals surface area contributed by atoms with E-state index in [9.17, 15) is 14.9 Å². The molecule has 0 unspecified atom stereocenters. The maximum Gasteiger partial charge on any atom is 0.312 e. The van der Waals surface area contributed by atoms with E-state index in [2.05, 4.69) is 5.10 Å². The predicted molar refractivity (Wildman–Crippen MR) is 72.4 cm³/mol. The third-order valence-corrected chi connectivity index (χ3v) is 3.10. The van der Waals surface area contributed by atoms with Gasteiger partial charge in [-0.05, 0) is 31.5 Å². The van der Waals surface area contributed by atoms with E-state index in [4.69, 9.17) is 5.73 Å². The molecule has 7 nitrogen and oxygen atoms in total. The van der Waals surface area contributed by atoms with Crippen molar-refractivity contribution >= 4 is 11.6 Å². The number of aryl methyl sites for hydroxylation is 1. The van der Waals surface area contributed by atoms with Crippen molar-refractivity contribution in [1.29, 1.82) is 0 Å². The summed E-state index contributed by atoms with van der Waals surface area (Å²) in [4.78, 5) is 21.5. The molecule has 0 saturated heterocycles. The molecule has 1 heterocycles. The normalized spacial score (nSPS) is 10.5. The molecule has 20 heavy (non-hydrogen) atoms. The summed E-state index contributed by atoms with van der Waals surface area (Å²) in [5.41, 5.74) is 7.41. The van der Waals surface area contributed by atoms with E-state index in [0.717, 1.165) is 5.56 Å². The van der Waals surface area contributed by atoms with Gasteiger partial charge in [0, 0.05) is 5.56 Å². The van der Waals surface area contributed by atoms with Crippen LogP contribution < -0.4 is 5.73 Å². The van der Waals surface area contributed by atoms with Gasteiger partial charge in [-0.15, -0.1) is 0 Å². The zero-order valence-corrected chi connectivity index (χ0v) is 11.2. The van der Waals surface area contributed by atoms with Gasteiger partial charge >= 0.3 is 5.69 Å². The molecule has 7 heteroatoms. The Labute approximate surface area is 115 Å². The lowest BCUT2D eigenvalue weighted by atomic mass is 10.1. The number of carbonyl (C=O) groups is 1. The second-order valence-corrected chi connectivity index (χ2v) is 4.50. The molecule has 2 rings (SSSR count). The highest BCUT2D eigenvalue weighted by molar-refractivity contribution is 5.92. The fourth-order valence-corrected chi connectivity index (χ4v) is 2.05. The van der Waals surface area contributed by atoms with Gasteiger partial charge in [-0.3, -0.25) is 19.6 Å². The highest BCUT2D eigenvalue weighted by Crippen LogP contribution is 2.22. The molecule has 0 aliphatic heterocycles. The second-order valence-electron chi connectivity index (χ2n) is 4.50. The monoisotopic (exact) mass is 274 g/mol. The van der Waals surface area contributed by atoms with Crippen LogP contribution in [0.1, 0.15) is 27.3 Å². The third-order valence-electron chi connectivity index (χ3n) is 3.10. The van der Waals surface area contributed by atoms with Crippen LogP contribution in [-0.4, -0.2) is 20.6 Å². The fourth-order valence-electron chi connectivity index (χ4n) is 2.05. The smallest absolute Gasteiger partial charge is 0.312 e. The zero-order chi connectivity index (χ0) is 14.9. The van der Waals surface area contributed by atoms with Gasteiger partial charge in [0.15, 0.2) is 0 Å².